The molecule has 3 atom stereocenters. The summed E-state index contributed by atoms with van der Waals surface area (Å²) in [5, 5.41) is 11.3. The number of carboxylic acids is 1. The van der Waals surface area contributed by atoms with Crippen molar-refractivity contribution in [1.29, 1.82) is 0 Å². The lowest BCUT2D eigenvalue weighted by Crippen LogP contribution is -2.36. The molecule has 0 aliphatic heterocycles. The van der Waals surface area contributed by atoms with E-state index in [0.29, 0.717) is 12.5 Å². The molecule has 4 heteroatoms. The summed E-state index contributed by atoms with van der Waals surface area (Å²) in [4.78, 5) is 21.9. The first-order valence-electron chi connectivity index (χ1n) is 5.51. The van der Waals surface area contributed by atoms with Crippen molar-refractivity contribution < 1.29 is 14.7 Å². The van der Waals surface area contributed by atoms with Crippen LogP contribution in [0.1, 0.15) is 33.1 Å². The van der Waals surface area contributed by atoms with E-state index in [2.05, 4.69) is 12.2 Å². The number of rotatable bonds is 4. The van der Waals surface area contributed by atoms with Crippen molar-refractivity contribution in [3.63, 3.8) is 0 Å². The van der Waals surface area contributed by atoms with E-state index in [4.69, 9.17) is 5.11 Å². The fourth-order valence-corrected chi connectivity index (χ4v) is 2.02. The molecule has 1 fully saturated rings. The Kier molecular flexibility index (Phi) is 4.12. The maximum atomic E-state index is 11.3. The van der Waals surface area contributed by atoms with Crippen LogP contribution in [-0.4, -0.2) is 23.5 Å². The van der Waals surface area contributed by atoms with Crippen molar-refractivity contribution >= 4 is 11.9 Å². The Balaban J connectivity index is 2.25. The molecule has 1 aliphatic carbocycles. The molecular weight excluding hydrogens is 194 g/mol. The highest BCUT2D eigenvalue weighted by Crippen LogP contribution is 2.29. The monoisotopic (exact) mass is 213 g/mol. The second-order valence-corrected chi connectivity index (χ2v) is 4.59. The Hall–Kier alpha value is -1.06. The van der Waals surface area contributed by atoms with Crippen LogP contribution in [0.2, 0.25) is 0 Å². The summed E-state index contributed by atoms with van der Waals surface area (Å²) in [5.41, 5.74) is 0. The topological polar surface area (TPSA) is 66.4 Å². The summed E-state index contributed by atoms with van der Waals surface area (Å²) >= 11 is 0. The lowest BCUT2D eigenvalue weighted by atomic mass is 10.1. The van der Waals surface area contributed by atoms with Gasteiger partial charge in [0.25, 0.3) is 0 Å². The predicted octanol–water partition coefficient (Wildman–Crippen LogP) is 1.26. The van der Waals surface area contributed by atoms with Gasteiger partial charge in [-0.2, -0.15) is 0 Å². The molecule has 4 nitrogen and oxygen atoms in total. The minimum absolute atomic E-state index is 0.373. The van der Waals surface area contributed by atoms with Crippen molar-refractivity contribution in [2.45, 2.75) is 33.1 Å². The predicted molar refractivity (Wildman–Crippen MR) is 56.3 cm³/mol. The number of carbonyl (C=O) groups is 2. The van der Waals surface area contributed by atoms with E-state index in [1.165, 1.54) is 13.3 Å². The number of hydrogen-bond donors (Lipinski definition) is 2. The molecule has 0 radical (unpaired) electrons. The van der Waals surface area contributed by atoms with Crippen LogP contribution in [0.15, 0.2) is 0 Å². The van der Waals surface area contributed by atoms with Crippen molar-refractivity contribution in [3.05, 3.63) is 0 Å². The number of nitrogens with one attached hydrogen (secondary N) is 1. The van der Waals surface area contributed by atoms with Crippen LogP contribution in [-0.2, 0) is 9.59 Å². The van der Waals surface area contributed by atoms with E-state index in [1.54, 1.807) is 0 Å². The Morgan fingerprint density at radius 1 is 1.47 bits per heavy atom. The van der Waals surface area contributed by atoms with E-state index in [9.17, 15) is 9.59 Å². The van der Waals surface area contributed by atoms with Gasteiger partial charge in [-0.3, -0.25) is 9.59 Å². The second-order valence-electron chi connectivity index (χ2n) is 4.59. The first-order chi connectivity index (χ1) is 7.00. The largest absolute Gasteiger partial charge is 0.481 e. The Morgan fingerprint density at radius 3 is 2.60 bits per heavy atom. The maximum absolute atomic E-state index is 11.3. The maximum Gasteiger partial charge on any atom is 0.315 e. The van der Waals surface area contributed by atoms with Crippen LogP contribution in [0.4, 0.5) is 0 Å². The van der Waals surface area contributed by atoms with Gasteiger partial charge < -0.3 is 10.4 Å². The third-order valence-corrected chi connectivity index (χ3v) is 3.13. The number of aliphatic carboxylic acids is 1. The number of amides is 1. The first kappa shape index (κ1) is 12.0. The minimum atomic E-state index is -1.06. The molecule has 1 rings (SSSR count). The fraction of sp³-hybridized carbons (Fsp3) is 0.818. The highest BCUT2D eigenvalue weighted by molar-refractivity contribution is 5.96. The van der Waals surface area contributed by atoms with Crippen molar-refractivity contribution in [3.8, 4) is 0 Å². The molecule has 2 N–H and O–H groups in total. The van der Waals surface area contributed by atoms with E-state index in [1.807, 2.05) is 0 Å². The summed E-state index contributed by atoms with van der Waals surface area (Å²) in [6, 6.07) is 0. The van der Waals surface area contributed by atoms with E-state index < -0.39 is 11.9 Å². The van der Waals surface area contributed by atoms with Gasteiger partial charge in [-0.1, -0.05) is 13.3 Å². The lowest BCUT2D eigenvalue weighted by Gasteiger charge is -2.12. The van der Waals surface area contributed by atoms with Gasteiger partial charge in [0.1, 0.15) is 5.92 Å². The highest BCUT2D eigenvalue weighted by Gasteiger charge is 2.24. The zero-order chi connectivity index (χ0) is 11.4. The van der Waals surface area contributed by atoms with Gasteiger partial charge in [0.05, 0.1) is 0 Å². The van der Waals surface area contributed by atoms with Gasteiger partial charge in [0.2, 0.25) is 5.91 Å². The van der Waals surface area contributed by atoms with Gasteiger partial charge in [0.15, 0.2) is 0 Å². The van der Waals surface area contributed by atoms with E-state index >= 15 is 0 Å². The van der Waals surface area contributed by atoms with Crippen LogP contribution < -0.4 is 5.32 Å². The zero-order valence-corrected chi connectivity index (χ0v) is 9.32. The smallest absolute Gasteiger partial charge is 0.315 e. The van der Waals surface area contributed by atoms with E-state index in [-0.39, 0.29) is 5.91 Å². The minimum Gasteiger partial charge on any atom is -0.481 e. The molecule has 0 aromatic rings. The van der Waals surface area contributed by atoms with Gasteiger partial charge in [-0.15, -0.1) is 0 Å². The average Bonchev–Trinajstić information content (AvgIpc) is 2.59. The first-order valence-corrected chi connectivity index (χ1v) is 5.51. The molecule has 0 spiro atoms. The van der Waals surface area contributed by atoms with Gasteiger partial charge in [-0.05, 0) is 31.6 Å². The van der Waals surface area contributed by atoms with Crippen molar-refractivity contribution in [1.82, 2.24) is 5.32 Å². The van der Waals surface area contributed by atoms with E-state index in [0.717, 1.165) is 18.8 Å². The molecule has 1 saturated carbocycles. The summed E-state index contributed by atoms with van der Waals surface area (Å²) < 4.78 is 0. The van der Waals surface area contributed by atoms with Crippen LogP contribution in [0.3, 0.4) is 0 Å². The molecule has 1 amide bonds. The highest BCUT2D eigenvalue weighted by atomic mass is 16.4. The zero-order valence-electron chi connectivity index (χ0n) is 9.32. The standard InChI is InChI=1S/C11H19NO3/c1-7-3-4-9(5-7)6-12-10(13)8(2)11(14)15/h7-9H,3-6H2,1-2H3,(H,12,13)(H,14,15). The number of hydrogen-bond acceptors (Lipinski definition) is 2. The van der Waals surface area contributed by atoms with Crippen LogP contribution >= 0.6 is 0 Å². The molecule has 3 unspecified atom stereocenters. The molecule has 86 valence electrons. The van der Waals surface area contributed by atoms with Gasteiger partial charge in [-0.25, -0.2) is 0 Å². The number of carbonyl (C=O) groups excluding carboxylic acids is 1. The SMILES string of the molecule is CC1CCC(CNC(=O)C(C)C(=O)O)C1. The van der Waals surface area contributed by atoms with Gasteiger partial charge in [0, 0.05) is 6.54 Å². The number of carboxylic acid groups (broad SMARTS) is 1. The third-order valence-electron chi connectivity index (χ3n) is 3.13. The summed E-state index contributed by atoms with van der Waals surface area (Å²) in [6.07, 6.45) is 3.50. The van der Waals surface area contributed by atoms with Crippen LogP contribution in [0, 0.1) is 17.8 Å². The lowest BCUT2D eigenvalue weighted by molar-refractivity contribution is -0.146. The normalized spacial score (nSPS) is 27.3. The fourth-order valence-electron chi connectivity index (χ4n) is 2.02. The molecule has 15 heavy (non-hydrogen) atoms. The molecule has 0 bridgehead atoms. The Bertz CT molecular complexity index is 252. The van der Waals surface area contributed by atoms with Crippen LogP contribution in [0.5, 0.6) is 0 Å². The Labute approximate surface area is 90.0 Å². The summed E-state index contributed by atoms with van der Waals surface area (Å²) in [6.45, 7) is 4.25. The quantitative estimate of drug-likeness (QED) is 0.691. The van der Waals surface area contributed by atoms with Crippen molar-refractivity contribution in [2.24, 2.45) is 17.8 Å². The second kappa shape index (κ2) is 5.14. The Morgan fingerprint density at radius 2 is 2.13 bits per heavy atom. The van der Waals surface area contributed by atoms with Gasteiger partial charge >= 0.3 is 5.97 Å². The average molecular weight is 213 g/mol. The summed E-state index contributed by atoms with van der Waals surface area (Å²) in [7, 11) is 0. The molecule has 0 aromatic carbocycles. The molecule has 0 saturated heterocycles. The molecular formula is C11H19NO3. The van der Waals surface area contributed by atoms with Crippen molar-refractivity contribution in [2.75, 3.05) is 6.54 Å². The molecule has 0 aromatic heterocycles. The molecule has 0 heterocycles. The molecule has 1 aliphatic rings. The van der Waals surface area contributed by atoms with Crippen LogP contribution in [0.25, 0.3) is 0 Å². The third kappa shape index (κ3) is 3.53. The summed E-state index contributed by atoms with van der Waals surface area (Å²) in [5.74, 6) is -1.10.